The van der Waals surface area contributed by atoms with Gasteiger partial charge in [-0.1, -0.05) is 60.8 Å². The molecule has 0 aromatic carbocycles. The Morgan fingerprint density at radius 3 is 1.57 bits per heavy atom. The SMILES string of the molecule is CCC(C)[C@H]1COC(CC(C)(C2=N[C@@H](C(C)CC)CO2)C2=N[C@@H](C(C)CC)CO2)=N1. The minimum absolute atomic E-state index is 0.191. The summed E-state index contributed by atoms with van der Waals surface area (Å²) in [7, 11) is 0. The van der Waals surface area contributed by atoms with Gasteiger partial charge in [-0.2, -0.15) is 0 Å². The van der Waals surface area contributed by atoms with Crippen molar-refractivity contribution >= 4 is 17.7 Å². The Morgan fingerprint density at radius 2 is 1.13 bits per heavy atom. The van der Waals surface area contributed by atoms with Gasteiger partial charge in [0.25, 0.3) is 0 Å². The van der Waals surface area contributed by atoms with E-state index in [0.717, 1.165) is 37.0 Å². The smallest absolute Gasteiger partial charge is 0.199 e. The summed E-state index contributed by atoms with van der Waals surface area (Å²) in [6.07, 6.45) is 3.85. The van der Waals surface area contributed by atoms with Crippen molar-refractivity contribution in [1.82, 2.24) is 0 Å². The maximum atomic E-state index is 6.17. The molecule has 3 aliphatic rings. The van der Waals surface area contributed by atoms with Gasteiger partial charge >= 0.3 is 0 Å². The van der Waals surface area contributed by atoms with Crippen LogP contribution in [0, 0.1) is 23.2 Å². The molecule has 0 aliphatic carbocycles. The van der Waals surface area contributed by atoms with Gasteiger partial charge < -0.3 is 14.2 Å². The number of aliphatic imine (C=N–C) groups is 3. The summed E-state index contributed by atoms with van der Waals surface area (Å²) in [6.45, 7) is 17.4. The molecule has 0 aromatic rings. The summed E-state index contributed by atoms with van der Waals surface area (Å²) in [5, 5.41) is 0. The molecule has 3 heterocycles. The molecule has 170 valence electrons. The Hall–Kier alpha value is -1.59. The molecule has 6 heteroatoms. The molecule has 0 fully saturated rings. The first-order chi connectivity index (χ1) is 14.3. The quantitative estimate of drug-likeness (QED) is 0.505. The molecule has 0 radical (unpaired) electrons. The van der Waals surface area contributed by atoms with Crippen LogP contribution in [0.15, 0.2) is 15.0 Å². The van der Waals surface area contributed by atoms with Gasteiger partial charge in [0.15, 0.2) is 17.7 Å². The lowest BCUT2D eigenvalue weighted by Crippen LogP contribution is -2.39. The summed E-state index contributed by atoms with van der Waals surface area (Å²) in [4.78, 5) is 14.9. The van der Waals surface area contributed by atoms with Crippen LogP contribution in [0.1, 0.15) is 74.1 Å². The van der Waals surface area contributed by atoms with Crippen LogP contribution in [0.25, 0.3) is 0 Å². The highest BCUT2D eigenvalue weighted by atomic mass is 16.5. The second kappa shape index (κ2) is 9.69. The summed E-state index contributed by atoms with van der Waals surface area (Å²) >= 11 is 0. The van der Waals surface area contributed by atoms with E-state index in [1.165, 1.54) is 0 Å². The van der Waals surface area contributed by atoms with Crippen molar-refractivity contribution in [2.45, 2.75) is 92.3 Å². The van der Waals surface area contributed by atoms with Gasteiger partial charge in [0.2, 0.25) is 0 Å². The maximum Gasteiger partial charge on any atom is 0.199 e. The van der Waals surface area contributed by atoms with Crippen LogP contribution in [0.4, 0.5) is 0 Å². The number of rotatable bonds is 10. The molecule has 0 amide bonds. The highest BCUT2D eigenvalue weighted by Crippen LogP contribution is 2.37. The highest BCUT2D eigenvalue weighted by Gasteiger charge is 2.48. The van der Waals surface area contributed by atoms with Gasteiger partial charge in [-0.3, -0.25) is 0 Å². The van der Waals surface area contributed by atoms with Crippen LogP contribution in [0.5, 0.6) is 0 Å². The largest absolute Gasteiger partial charge is 0.479 e. The standard InChI is InChI=1S/C24H41N3O3/c1-8-15(4)18-12-28-21(25-18)11-24(7,22-26-19(13-29-22)16(5)9-2)23-27-20(14-30-23)17(6)10-3/h15-20H,8-14H2,1-7H3/t15?,16?,17?,18-,19-,20-,24?/m1/s1. The lowest BCUT2D eigenvalue weighted by atomic mass is 9.85. The third-order valence-electron chi connectivity index (χ3n) is 7.43. The molecule has 0 saturated heterocycles. The van der Waals surface area contributed by atoms with Gasteiger partial charge in [-0.05, 0) is 24.7 Å². The minimum atomic E-state index is -0.576. The summed E-state index contributed by atoms with van der Waals surface area (Å²) in [5.74, 6) is 3.73. The van der Waals surface area contributed by atoms with Crippen molar-refractivity contribution < 1.29 is 14.2 Å². The van der Waals surface area contributed by atoms with Gasteiger partial charge in [0.05, 0.1) is 18.1 Å². The van der Waals surface area contributed by atoms with Crippen LogP contribution in [0.2, 0.25) is 0 Å². The van der Waals surface area contributed by atoms with Crippen LogP contribution < -0.4 is 0 Å². The predicted octanol–water partition coefficient (Wildman–Crippen LogP) is 4.91. The summed E-state index contributed by atoms with van der Waals surface area (Å²) in [5.41, 5.74) is -0.576. The molecular formula is C24H41N3O3. The third kappa shape index (κ3) is 4.67. The van der Waals surface area contributed by atoms with E-state index < -0.39 is 5.41 Å². The van der Waals surface area contributed by atoms with E-state index in [0.29, 0.717) is 44.0 Å². The van der Waals surface area contributed by atoms with Gasteiger partial charge in [0, 0.05) is 6.42 Å². The van der Waals surface area contributed by atoms with Crippen molar-refractivity contribution in [2.24, 2.45) is 38.1 Å². The first-order valence-electron chi connectivity index (χ1n) is 11.9. The molecule has 3 unspecified atom stereocenters. The number of hydrogen-bond acceptors (Lipinski definition) is 6. The highest BCUT2D eigenvalue weighted by molar-refractivity contribution is 6.08. The Kier molecular flexibility index (Phi) is 7.46. The van der Waals surface area contributed by atoms with Crippen molar-refractivity contribution in [2.75, 3.05) is 19.8 Å². The molecule has 0 saturated carbocycles. The van der Waals surface area contributed by atoms with Crippen molar-refractivity contribution in [3.63, 3.8) is 0 Å². The Labute approximate surface area is 182 Å². The topological polar surface area (TPSA) is 64.8 Å². The molecule has 6 nitrogen and oxygen atoms in total. The average molecular weight is 420 g/mol. The Morgan fingerprint density at radius 1 is 0.733 bits per heavy atom. The van der Waals surface area contributed by atoms with Crippen LogP contribution in [-0.4, -0.2) is 55.6 Å². The molecule has 30 heavy (non-hydrogen) atoms. The minimum Gasteiger partial charge on any atom is -0.479 e. The monoisotopic (exact) mass is 419 g/mol. The van der Waals surface area contributed by atoms with Crippen LogP contribution >= 0.6 is 0 Å². The second-order valence-electron chi connectivity index (χ2n) is 9.69. The maximum absolute atomic E-state index is 6.17. The normalized spacial score (nSPS) is 30.9. The zero-order chi connectivity index (χ0) is 21.9. The van der Waals surface area contributed by atoms with E-state index in [1.807, 2.05) is 0 Å². The zero-order valence-corrected chi connectivity index (χ0v) is 20.0. The van der Waals surface area contributed by atoms with Crippen molar-refractivity contribution in [3.05, 3.63) is 0 Å². The summed E-state index contributed by atoms with van der Waals surface area (Å²) < 4.78 is 18.4. The number of nitrogens with zero attached hydrogens (tertiary/aromatic N) is 3. The number of hydrogen-bond donors (Lipinski definition) is 0. The fraction of sp³-hybridized carbons (Fsp3) is 0.875. The molecule has 3 rings (SSSR count). The van der Waals surface area contributed by atoms with Crippen molar-refractivity contribution in [1.29, 1.82) is 0 Å². The van der Waals surface area contributed by atoms with E-state index in [-0.39, 0.29) is 18.1 Å². The Balaban J connectivity index is 1.88. The predicted molar refractivity (Wildman–Crippen MR) is 123 cm³/mol. The van der Waals surface area contributed by atoms with E-state index in [1.54, 1.807) is 0 Å². The third-order valence-corrected chi connectivity index (χ3v) is 7.43. The average Bonchev–Trinajstić information content (AvgIpc) is 3.52. The second-order valence-corrected chi connectivity index (χ2v) is 9.69. The first kappa shape index (κ1) is 23.1. The van der Waals surface area contributed by atoms with Crippen molar-refractivity contribution in [3.8, 4) is 0 Å². The molecule has 0 bridgehead atoms. The molecular weight excluding hydrogens is 378 g/mol. The van der Waals surface area contributed by atoms with E-state index in [2.05, 4.69) is 48.5 Å². The number of ether oxygens (including phenoxy) is 3. The lowest BCUT2D eigenvalue weighted by Gasteiger charge is -2.27. The fourth-order valence-electron chi connectivity index (χ4n) is 4.16. The molecule has 6 atom stereocenters. The van der Waals surface area contributed by atoms with Gasteiger partial charge in [-0.15, -0.1) is 0 Å². The van der Waals surface area contributed by atoms with Crippen LogP contribution in [-0.2, 0) is 14.2 Å². The van der Waals surface area contributed by atoms with E-state index in [4.69, 9.17) is 29.2 Å². The molecule has 0 N–H and O–H groups in total. The molecule has 0 aromatic heterocycles. The first-order valence-corrected chi connectivity index (χ1v) is 11.9. The van der Waals surface area contributed by atoms with E-state index in [9.17, 15) is 0 Å². The van der Waals surface area contributed by atoms with Gasteiger partial charge in [0.1, 0.15) is 25.2 Å². The molecule has 0 spiro atoms. The van der Waals surface area contributed by atoms with E-state index >= 15 is 0 Å². The molecule has 3 aliphatic heterocycles. The Bertz CT molecular complexity index is 651. The van der Waals surface area contributed by atoms with Gasteiger partial charge in [-0.25, -0.2) is 15.0 Å². The fourth-order valence-corrected chi connectivity index (χ4v) is 4.16. The summed E-state index contributed by atoms with van der Waals surface area (Å²) in [6, 6.07) is 0.611. The lowest BCUT2D eigenvalue weighted by molar-refractivity contribution is 0.234. The van der Waals surface area contributed by atoms with Crippen LogP contribution in [0.3, 0.4) is 0 Å². The zero-order valence-electron chi connectivity index (χ0n) is 20.0.